The van der Waals surface area contributed by atoms with E-state index >= 15 is 0 Å². The molecule has 4 unspecified atom stereocenters. The van der Waals surface area contributed by atoms with Crippen LogP contribution >= 0.6 is 15.9 Å². The first-order chi connectivity index (χ1) is 9.67. The van der Waals surface area contributed by atoms with Crippen molar-refractivity contribution in [1.29, 1.82) is 0 Å². The van der Waals surface area contributed by atoms with Crippen molar-refractivity contribution >= 4 is 15.9 Å². The van der Waals surface area contributed by atoms with Gasteiger partial charge in [-0.1, -0.05) is 35.0 Å². The van der Waals surface area contributed by atoms with Gasteiger partial charge in [-0.2, -0.15) is 0 Å². The van der Waals surface area contributed by atoms with E-state index in [0.717, 1.165) is 24.0 Å². The molecule has 1 aromatic carbocycles. The number of benzene rings is 1. The molecule has 0 radical (unpaired) electrons. The maximum Gasteiger partial charge on any atom is 0.0707 e. The molecule has 0 aromatic heterocycles. The average Bonchev–Trinajstić information content (AvgIpc) is 2.78. The molecular weight excluding hydrogens is 316 g/mol. The molecular formula is C16H23BrN2O. The molecule has 2 heterocycles. The van der Waals surface area contributed by atoms with Gasteiger partial charge in [-0.05, 0) is 37.0 Å². The van der Waals surface area contributed by atoms with Crippen LogP contribution in [0.15, 0.2) is 28.7 Å². The minimum absolute atomic E-state index is 0.168. The quantitative estimate of drug-likeness (QED) is 0.916. The second-order valence-corrected chi connectivity index (χ2v) is 6.90. The SMILES string of the molecule is CCC(N)C(c1cccc(Br)c1)N1CC2CCC(C1)O2. The van der Waals surface area contributed by atoms with Gasteiger partial charge < -0.3 is 10.5 Å². The third kappa shape index (κ3) is 2.93. The highest BCUT2D eigenvalue weighted by molar-refractivity contribution is 9.10. The van der Waals surface area contributed by atoms with E-state index in [-0.39, 0.29) is 6.04 Å². The number of hydrogen-bond acceptors (Lipinski definition) is 3. The molecule has 1 aromatic rings. The van der Waals surface area contributed by atoms with Crippen molar-refractivity contribution in [2.75, 3.05) is 13.1 Å². The predicted molar refractivity (Wildman–Crippen MR) is 84.6 cm³/mol. The van der Waals surface area contributed by atoms with Gasteiger partial charge in [0, 0.05) is 23.6 Å². The number of rotatable bonds is 4. The van der Waals surface area contributed by atoms with Gasteiger partial charge >= 0.3 is 0 Å². The number of likely N-dealkylation sites (tertiary alicyclic amines) is 1. The molecule has 4 atom stereocenters. The van der Waals surface area contributed by atoms with Crippen LogP contribution in [0.4, 0.5) is 0 Å². The zero-order valence-electron chi connectivity index (χ0n) is 12.0. The van der Waals surface area contributed by atoms with E-state index in [2.05, 4.69) is 52.0 Å². The summed E-state index contributed by atoms with van der Waals surface area (Å²) in [5, 5.41) is 0. The van der Waals surface area contributed by atoms with Crippen molar-refractivity contribution in [1.82, 2.24) is 4.90 Å². The fraction of sp³-hybridized carbons (Fsp3) is 0.625. The Bertz CT molecular complexity index is 456. The molecule has 2 aliphatic heterocycles. The summed E-state index contributed by atoms with van der Waals surface area (Å²) in [7, 11) is 0. The molecule has 110 valence electrons. The van der Waals surface area contributed by atoms with Crippen LogP contribution in [0.3, 0.4) is 0 Å². The van der Waals surface area contributed by atoms with Crippen LogP contribution in [-0.4, -0.2) is 36.2 Å². The smallest absolute Gasteiger partial charge is 0.0707 e. The van der Waals surface area contributed by atoms with Crippen molar-refractivity contribution in [3.05, 3.63) is 34.3 Å². The first kappa shape index (κ1) is 14.5. The fourth-order valence-corrected chi connectivity index (χ4v) is 3.93. The lowest BCUT2D eigenvalue weighted by atomic mass is 9.95. The van der Waals surface area contributed by atoms with Gasteiger partial charge in [0.15, 0.2) is 0 Å². The van der Waals surface area contributed by atoms with Crippen LogP contribution in [0.2, 0.25) is 0 Å². The Morgan fingerprint density at radius 3 is 2.65 bits per heavy atom. The fourth-order valence-electron chi connectivity index (χ4n) is 3.52. The first-order valence-electron chi connectivity index (χ1n) is 7.58. The average molecular weight is 339 g/mol. The lowest BCUT2D eigenvalue weighted by molar-refractivity contribution is -0.0568. The number of halogens is 1. The number of nitrogens with zero attached hydrogens (tertiary/aromatic N) is 1. The second-order valence-electron chi connectivity index (χ2n) is 5.98. The highest BCUT2D eigenvalue weighted by atomic mass is 79.9. The Hall–Kier alpha value is -0.420. The molecule has 20 heavy (non-hydrogen) atoms. The Labute approximate surface area is 129 Å². The van der Waals surface area contributed by atoms with Crippen LogP contribution in [0, 0.1) is 0 Å². The third-order valence-electron chi connectivity index (χ3n) is 4.53. The summed E-state index contributed by atoms with van der Waals surface area (Å²) in [5.74, 6) is 0. The van der Waals surface area contributed by atoms with Crippen LogP contribution in [-0.2, 0) is 4.74 Å². The maximum absolute atomic E-state index is 6.44. The lowest BCUT2D eigenvalue weighted by Crippen LogP contribution is -2.49. The maximum atomic E-state index is 6.44. The molecule has 4 heteroatoms. The highest BCUT2D eigenvalue weighted by Gasteiger charge is 2.38. The number of ether oxygens (including phenoxy) is 1. The molecule has 0 saturated carbocycles. The number of morpholine rings is 1. The molecule has 0 amide bonds. The van der Waals surface area contributed by atoms with E-state index in [9.17, 15) is 0 Å². The number of fused-ring (bicyclic) bond motifs is 2. The van der Waals surface area contributed by atoms with E-state index in [1.54, 1.807) is 0 Å². The van der Waals surface area contributed by atoms with E-state index < -0.39 is 0 Å². The van der Waals surface area contributed by atoms with Gasteiger partial charge in [-0.3, -0.25) is 4.90 Å². The van der Waals surface area contributed by atoms with E-state index in [4.69, 9.17) is 10.5 Å². The van der Waals surface area contributed by atoms with Crippen LogP contribution in [0.25, 0.3) is 0 Å². The summed E-state index contributed by atoms with van der Waals surface area (Å²) < 4.78 is 7.08. The zero-order chi connectivity index (χ0) is 14.1. The van der Waals surface area contributed by atoms with Gasteiger partial charge in [0.2, 0.25) is 0 Å². The van der Waals surface area contributed by atoms with E-state index in [1.807, 2.05) is 0 Å². The predicted octanol–water partition coefficient (Wildman–Crippen LogP) is 3.09. The van der Waals surface area contributed by atoms with Crippen LogP contribution in [0.5, 0.6) is 0 Å². The highest BCUT2D eigenvalue weighted by Crippen LogP contribution is 2.34. The standard InChI is InChI=1S/C16H23BrN2O/c1-2-15(18)16(11-4-3-5-12(17)8-11)19-9-13-6-7-14(10-19)20-13/h3-5,8,13-16H,2,6-7,9-10,18H2,1H3. The first-order valence-corrected chi connectivity index (χ1v) is 8.37. The van der Waals surface area contributed by atoms with E-state index in [0.29, 0.717) is 18.2 Å². The number of hydrogen-bond donors (Lipinski definition) is 1. The molecule has 0 spiro atoms. The van der Waals surface area contributed by atoms with Gasteiger partial charge in [0.05, 0.1) is 18.2 Å². The molecule has 3 nitrogen and oxygen atoms in total. The second kappa shape index (κ2) is 6.14. The largest absolute Gasteiger partial charge is 0.372 e. The summed E-state index contributed by atoms with van der Waals surface area (Å²) in [6, 6.07) is 9.04. The molecule has 0 aliphatic carbocycles. The zero-order valence-corrected chi connectivity index (χ0v) is 13.6. The monoisotopic (exact) mass is 338 g/mol. The summed E-state index contributed by atoms with van der Waals surface area (Å²) in [6.45, 7) is 4.20. The minimum Gasteiger partial charge on any atom is -0.372 e. The summed E-state index contributed by atoms with van der Waals surface area (Å²) in [4.78, 5) is 2.54. The van der Waals surface area contributed by atoms with Crippen LogP contribution < -0.4 is 5.73 Å². The minimum atomic E-state index is 0.168. The molecule has 2 bridgehead atoms. The van der Waals surface area contributed by atoms with Crippen molar-refractivity contribution < 1.29 is 4.74 Å². The van der Waals surface area contributed by atoms with Gasteiger partial charge in [0.25, 0.3) is 0 Å². The third-order valence-corrected chi connectivity index (χ3v) is 5.03. The summed E-state index contributed by atoms with van der Waals surface area (Å²) in [5.41, 5.74) is 7.76. The topological polar surface area (TPSA) is 38.5 Å². The number of nitrogens with two attached hydrogens (primary N) is 1. The van der Waals surface area contributed by atoms with Crippen molar-refractivity contribution in [2.45, 2.75) is 50.5 Å². The van der Waals surface area contributed by atoms with Gasteiger partial charge in [0.1, 0.15) is 0 Å². The molecule has 3 rings (SSSR count). The van der Waals surface area contributed by atoms with Crippen molar-refractivity contribution in [2.24, 2.45) is 5.73 Å². The Morgan fingerprint density at radius 1 is 1.35 bits per heavy atom. The Kier molecular flexibility index (Phi) is 4.46. The molecule has 2 aliphatic rings. The van der Waals surface area contributed by atoms with E-state index in [1.165, 1.54) is 18.4 Å². The summed E-state index contributed by atoms with van der Waals surface area (Å²) >= 11 is 3.58. The normalized spacial score (nSPS) is 29.4. The van der Waals surface area contributed by atoms with Crippen molar-refractivity contribution in [3.63, 3.8) is 0 Å². The molecule has 2 fully saturated rings. The van der Waals surface area contributed by atoms with Crippen molar-refractivity contribution in [3.8, 4) is 0 Å². The summed E-state index contributed by atoms with van der Waals surface area (Å²) in [6.07, 6.45) is 4.21. The van der Waals surface area contributed by atoms with Gasteiger partial charge in [-0.15, -0.1) is 0 Å². The Morgan fingerprint density at radius 2 is 2.05 bits per heavy atom. The van der Waals surface area contributed by atoms with Crippen LogP contribution in [0.1, 0.15) is 37.8 Å². The molecule has 2 N–H and O–H groups in total. The van der Waals surface area contributed by atoms with Gasteiger partial charge in [-0.25, -0.2) is 0 Å². The molecule has 2 saturated heterocycles. The Balaban J connectivity index is 1.86. The lowest BCUT2D eigenvalue weighted by Gasteiger charge is -2.40.